The first-order chi connectivity index (χ1) is 20.8. The van der Waals surface area contributed by atoms with Gasteiger partial charge >= 0.3 is 5.69 Å². The molecule has 0 unspecified atom stereocenters. The SMILES string of the molecule is CCn1cc(C(=O)Nc2ccc(Oc3cc(-c4cnccn4)cnc3CC=N)c(F)c2)c(=O)n(-c2ccc(F)cc2)c1=O. The number of hydrogen-bond donors (Lipinski definition) is 2. The molecule has 0 bridgehead atoms. The number of rotatable bonds is 9. The van der Waals surface area contributed by atoms with Crippen molar-refractivity contribution in [3.63, 3.8) is 0 Å². The average molecular weight is 584 g/mol. The highest BCUT2D eigenvalue weighted by Crippen LogP contribution is 2.31. The lowest BCUT2D eigenvalue weighted by Gasteiger charge is -2.14. The fourth-order valence-electron chi connectivity index (χ4n) is 4.18. The molecule has 0 aliphatic rings. The number of amides is 1. The van der Waals surface area contributed by atoms with Crippen molar-refractivity contribution in [2.45, 2.75) is 19.9 Å². The molecule has 3 aromatic heterocycles. The number of carbonyl (C=O) groups excluding carboxylic acids is 1. The van der Waals surface area contributed by atoms with Crippen LogP contribution in [0.1, 0.15) is 23.0 Å². The maximum absolute atomic E-state index is 15.2. The van der Waals surface area contributed by atoms with Crippen LogP contribution in [-0.2, 0) is 13.0 Å². The van der Waals surface area contributed by atoms with Crippen LogP contribution in [0.25, 0.3) is 16.9 Å². The summed E-state index contributed by atoms with van der Waals surface area (Å²) in [6, 6.07) is 9.97. The zero-order chi connectivity index (χ0) is 30.5. The van der Waals surface area contributed by atoms with Gasteiger partial charge in [0.2, 0.25) is 0 Å². The Morgan fingerprint density at radius 2 is 1.81 bits per heavy atom. The van der Waals surface area contributed by atoms with Crippen LogP contribution in [0, 0.1) is 17.0 Å². The van der Waals surface area contributed by atoms with Gasteiger partial charge in [0.1, 0.15) is 17.1 Å². The molecule has 1 amide bonds. The van der Waals surface area contributed by atoms with Crippen molar-refractivity contribution in [1.29, 1.82) is 5.41 Å². The Hall–Kier alpha value is -5.85. The molecule has 0 radical (unpaired) electrons. The van der Waals surface area contributed by atoms with Gasteiger partial charge < -0.3 is 15.5 Å². The summed E-state index contributed by atoms with van der Waals surface area (Å²) in [6.45, 7) is 1.80. The first kappa shape index (κ1) is 28.7. The maximum Gasteiger partial charge on any atom is 0.335 e. The van der Waals surface area contributed by atoms with Gasteiger partial charge in [0.25, 0.3) is 11.5 Å². The number of ether oxygens (including phenoxy) is 1. The van der Waals surface area contributed by atoms with Crippen molar-refractivity contribution in [3.05, 3.63) is 123 Å². The number of carbonyl (C=O) groups is 1. The molecule has 0 saturated carbocycles. The van der Waals surface area contributed by atoms with Gasteiger partial charge in [0.15, 0.2) is 11.6 Å². The number of hydrogen-bond acceptors (Lipinski definition) is 8. The minimum Gasteiger partial charge on any atom is -0.452 e. The third-order valence-corrected chi connectivity index (χ3v) is 6.32. The zero-order valence-electron chi connectivity index (χ0n) is 22.6. The Morgan fingerprint density at radius 1 is 1.02 bits per heavy atom. The van der Waals surface area contributed by atoms with E-state index in [2.05, 4.69) is 20.3 Å². The van der Waals surface area contributed by atoms with E-state index in [9.17, 15) is 18.8 Å². The minimum absolute atomic E-state index is 0.0166. The van der Waals surface area contributed by atoms with Gasteiger partial charge in [-0.15, -0.1) is 0 Å². The predicted octanol–water partition coefficient (Wildman–Crippen LogP) is 4.39. The number of aromatic nitrogens is 5. The lowest BCUT2D eigenvalue weighted by Crippen LogP contribution is -2.42. The zero-order valence-corrected chi connectivity index (χ0v) is 22.6. The summed E-state index contributed by atoms with van der Waals surface area (Å²) in [7, 11) is 0. The van der Waals surface area contributed by atoms with Crippen molar-refractivity contribution >= 4 is 17.8 Å². The van der Waals surface area contributed by atoms with Crippen LogP contribution in [-0.4, -0.2) is 36.2 Å². The van der Waals surface area contributed by atoms with Gasteiger partial charge in [-0.1, -0.05) is 0 Å². The van der Waals surface area contributed by atoms with Crippen molar-refractivity contribution in [1.82, 2.24) is 24.1 Å². The van der Waals surface area contributed by atoms with Crippen LogP contribution < -0.4 is 21.3 Å². The second kappa shape index (κ2) is 12.3. The lowest BCUT2D eigenvalue weighted by atomic mass is 10.1. The number of anilines is 1. The molecule has 0 aliphatic heterocycles. The molecule has 0 fully saturated rings. The predicted molar refractivity (Wildman–Crippen MR) is 154 cm³/mol. The number of nitrogens with zero attached hydrogens (tertiary/aromatic N) is 5. The van der Waals surface area contributed by atoms with E-state index < -0.39 is 28.8 Å². The number of aryl methyl sites for hydroxylation is 1. The first-order valence-electron chi connectivity index (χ1n) is 12.9. The molecule has 13 heteroatoms. The standard InChI is InChI=1S/C30H23F2N7O4/c1-2-38-17-22(29(41)39(30(38)42)21-6-3-19(31)4-7-21)28(40)37-20-5-8-26(23(32)14-20)43-27-13-18(15-36-24(27)9-10-33)25-16-34-11-12-35-25/h3-8,10-17,33H,2,9H2,1H3,(H,37,40). The maximum atomic E-state index is 15.2. The Kier molecular flexibility index (Phi) is 8.23. The molecular formula is C30H23F2N7O4. The summed E-state index contributed by atoms with van der Waals surface area (Å²) in [5, 5.41) is 9.92. The Labute approximate surface area is 242 Å². The number of halogens is 2. The Bertz CT molecular complexity index is 1940. The van der Waals surface area contributed by atoms with Crippen molar-refractivity contribution < 1.29 is 18.3 Å². The van der Waals surface area contributed by atoms with Crippen LogP contribution >= 0.6 is 0 Å². The molecule has 0 aliphatic carbocycles. The topological polar surface area (TPSA) is 145 Å². The highest BCUT2D eigenvalue weighted by atomic mass is 19.1. The molecule has 5 aromatic rings. The van der Waals surface area contributed by atoms with Crippen LogP contribution in [0.3, 0.4) is 0 Å². The third kappa shape index (κ3) is 6.10. The van der Waals surface area contributed by atoms with Crippen molar-refractivity contribution in [3.8, 4) is 28.4 Å². The normalized spacial score (nSPS) is 10.8. The minimum atomic E-state index is -0.923. The molecule has 0 saturated heterocycles. The monoisotopic (exact) mass is 583 g/mol. The lowest BCUT2D eigenvalue weighted by molar-refractivity contribution is 0.102. The fraction of sp³-hybridized carbons (Fsp3) is 0.100. The van der Waals surface area contributed by atoms with E-state index in [1.54, 1.807) is 19.2 Å². The summed E-state index contributed by atoms with van der Waals surface area (Å²) in [5.74, 6) is -2.25. The van der Waals surface area contributed by atoms with Crippen LogP contribution in [0.5, 0.6) is 11.5 Å². The van der Waals surface area contributed by atoms with E-state index in [0.29, 0.717) is 17.0 Å². The molecule has 2 N–H and O–H groups in total. The van der Waals surface area contributed by atoms with Gasteiger partial charge in [0.05, 0.1) is 23.3 Å². The summed E-state index contributed by atoms with van der Waals surface area (Å²) >= 11 is 0. The smallest absolute Gasteiger partial charge is 0.335 e. The molecule has 2 aromatic carbocycles. The van der Waals surface area contributed by atoms with E-state index >= 15 is 4.39 Å². The summed E-state index contributed by atoms with van der Waals surface area (Å²) < 4.78 is 36.4. The molecular weight excluding hydrogens is 560 g/mol. The van der Waals surface area contributed by atoms with Gasteiger partial charge in [-0.2, -0.15) is 0 Å². The largest absolute Gasteiger partial charge is 0.452 e. The van der Waals surface area contributed by atoms with E-state index in [-0.39, 0.29) is 41.4 Å². The molecule has 216 valence electrons. The van der Waals surface area contributed by atoms with Gasteiger partial charge in [0, 0.05) is 61.3 Å². The first-order valence-corrected chi connectivity index (χ1v) is 12.9. The van der Waals surface area contributed by atoms with Crippen LogP contribution in [0.4, 0.5) is 14.5 Å². The van der Waals surface area contributed by atoms with Gasteiger partial charge in [-0.05, 0) is 49.4 Å². The van der Waals surface area contributed by atoms with E-state index in [1.807, 2.05) is 0 Å². The van der Waals surface area contributed by atoms with Crippen molar-refractivity contribution in [2.75, 3.05) is 5.32 Å². The second-order valence-corrected chi connectivity index (χ2v) is 9.10. The Balaban J connectivity index is 1.43. The fourth-order valence-corrected chi connectivity index (χ4v) is 4.18. The molecule has 5 rings (SSSR count). The molecule has 3 heterocycles. The summed E-state index contributed by atoms with van der Waals surface area (Å²) in [4.78, 5) is 51.8. The molecule has 43 heavy (non-hydrogen) atoms. The number of pyridine rings is 1. The summed E-state index contributed by atoms with van der Waals surface area (Å²) in [5.41, 5.74) is -0.424. The quantitative estimate of drug-likeness (QED) is 0.245. The van der Waals surface area contributed by atoms with Gasteiger partial charge in [-0.3, -0.25) is 29.1 Å². The average Bonchev–Trinajstić information content (AvgIpc) is 3.01. The second-order valence-electron chi connectivity index (χ2n) is 9.10. The Morgan fingerprint density at radius 3 is 2.49 bits per heavy atom. The number of nitrogens with one attached hydrogen (secondary N) is 2. The molecule has 11 nitrogen and oxygen atoms in total. The van der Waals surface area contributed by atoms with Gasteiger partial charge in [-0.25, -0.2) is 18.1 Å². The molecule has 0 atom stereocenters. The van der Waals surface area contributed by atoms with E-state index in [1.165, 1.54) is 42.9 Å². The molecule has 0 spiro atoms. The van der Waals surface area contributed by atoms with Crippen LogP contribution in [0.15, 0.2) is 89.1 Å². The van der Waals surface area contributed by atoms with Crippen LogP contribution in [0.2, 0.25) is 0 Å². The number of benzene rings is 2. The van der Waals surface area contributed by atoms with E-state index in [0.717, 1.165) is 39.7 Å². The van der Waals surface area contributed by atoms with Crippen molar-refractivity contribution in [2.24, 2.45) is 0 Å². The third-order valence-electron chi connectivity index (χ3n) is 6.32. The van der Waals surface area contributed by atoms with E-state index in [4.69, 9.17) is 10.1 Å². The summed E-state index contributed by atoms with van der Waals surface area (Å²) in [6.07, 6.45) is 8.53. The highest BCUT2D eigenvalue weighted by Gasteiger charge is 2.20. The highest BCUT2D eigenvalue weighted by molar-refractivity contribution is 6.03.